The summed E-state index contributed by atoms with van der Waals surface area (Å²) in [5, 5.41) is 10.6. The van der Waals surface area contributed by atoms with E-state index in [0.29, 0.717) is 18.3 Å². The molecule has 0 heterocycles. The maximum absolute atomic E-state index is 12.9. The van der Waals surface area contributed by atoms with Crippen molar-refractivity contribution >= 4 is 11.9 Å². The average Bonchev–Trinajstić information content (AvgIpc) is 2.75. The molecule has 0 aromatic carbocycles. The van der Waals surface area contributed by atoms with Gasteiger partial charge in [-0.1, -0.05) is 60.1 Å². The van der Waals surface area contributed by atoms with Gasteiger partial charge in [-0.05, 0) is 104 Å². The Morgan fingerprint density at radius 1 is 0.833 bits per heavy atom. The number of fused-ring (bicyclic) bond motifs is 7. The van der Waals surface area contributed by atoms with Crippen molar-refractivity contribution in [3.8, 4) is 0 Å². The molecule has 5 aliphatic carbocycles. The summed E-state index contributed by atoms with van der Waals surface area (Å²) in [6, 6.07) is 0. The Morgan fingerprint density at radius 3 is 2.06 bits per heavy atom. The fourth-order valence-electron chi connectivity index (χ4n) is 11.3. The molecule has 5 rings (SSSR count). The Kier molecular flexibility index (Phi) is 5.74. The normalized spacial score (nSPS) is 48.8. The standard InChI is InChI=1S/C32H50O4/c1-20(33)36-25-12-15-29(6)21(28(25,4)5)9-13-30(7)22(29)10-14-31(8)23(30)11-16-32(26(34)35)18-17-27(2,3)19-24(31)32/h11,21-22,24-25H,9-10,12-19H2,1-8H3,(H,34,35)/t21-,22+,24+,25+,29+,30-,31-,32-/m1/s1. The van der Waals surface area contributed by atoms with E-state index in [-0.39, 0.29) is 45.1 Å². The topological polar surface area (TPSA) is 63.6 Å². The minimum Gasteiger partial charge on any atom is -0.481 e. The number of hydrogen-bond acceptors (Lipinski definition) is 3. The maximum Gasteiger partial charge on any atom is 0.310 e. The number of ether oxygens (including phenoxy) is 1. The fourth-order valence-corrected chi connectivity index (χ4v) is 11.3. The minimum atomic E-state index is -0.595. The van der Waals surface area contributed by atoms with Crippen LogP contribution in [0.25, 0.3) is 0 Å². The van der Waals surface area contributed by atoms with Gasteiger partial charge in [0, 0.05) is 12.3 Å². The monoisotopic (exact) mass is 498 g/mol. The molecular formula is C32H50O4. The zero-order chi connectivity index (χ0) is 26.5. The second-order valence-corrected chi connectivity index (χ2v) is 15.7. The Bertz CT molecular complexity index is 992. The summed E-state index contributed by atoms with van der Waals surface area (Å²) in [6.45, 7) is 18.4. The van der Waals surface area contributed by atoms with Crippen molar-refractivity contribution in [3.63, 3.8) is 0 Å². The zero-order valence-corrected chi connectivity index (χ0v) is 24.1. The number of carbonyl (C=O) groups excluding carboxylic acids is 1. The molecule has 0 radical (unpaired) electrons. The zero-order valence-electron chi connectivity index (χ0n) is 24.1. The van der Waals surface area contributed by atoms with Crippen LogP contribution in [0.4, 0.5) is 0 Å². The first-order valence-corrected chi connectivity index (χ1v) is 14.6. The third kappa shape index (κ3) is 3.37. The van der Waals surface area contributed by atoms with Crippen LogP contribution >= 0.6 is 0 Å². The number of esters is 1. The van der Waals surface area contributed by atoms with Gasteiger partial charge in [-0.25, -0.2) is 0 Å². The summed E-state index contributed by atoms with van der Waals surface area (Å²) in [5.41, 5.74) is 1.47. The third-order valence-electron chi connectivity index (χ3n) is 13.0. The number of rotatable bonds is 2. The highest BCUT2D eigenvalue weighted by Gasteiger charge is 2.68. The summed E-state index contributed by atoms with van der Waals surface area (Å²) in [6.07, 6.45) is 12.6. The van der Waals surface area contributed by atoms with E-state index in [0.717, 1.165) is 51.4 Å². The van der Waals surface area contributed by atoms with Crippen LogP contribution in [0, 0.1) is 50.2 Å². The first-order chi connectivity index (χ1) is 16.5. The number of hydrogen-bond donors (Lipinski definition) is 1. The first-order valence-electron chi connectivity index (χ1n) is 14.6. The summed E-state index contributed by atoms with van der Waals surface area (Å²) >= 11 is 0. The molecule has 0 spiro atoms. The predicted molar refractivity (Wildman–Crippen MR) is 142 cm³/mol. The van der Waals surface area contributed by atoms with Crippen LogP contribution in [0.2, 0.25) is 0 Å². The van der Waals surface area contributed by atoms with Crippen molar-refractivity contribution in [1.82, 2.24) is 0 Å². The van der Waals surface area contributed by atoms with Crippen LogP contribution in [0.15, 0.2) is 11.6 Å². The van der Waals surface area contributed by atoms with Crippen molar-refractivity contribution in [3.05, 3.63) is 11.6 Å². The quantitative estimate of drug-likeness (QED) is 0.311. The van der Waals surface area contributed by atoms with Crippen molar-refractivity contribution in [1.29, 1.82) is 0 Å². The van der Waals surface area contributed by atoms with Gasteiger partial charge in [-0.3, -0.25) is 9.59 Å². The van der Waals surface area contributed by atoms with Crippen LogP contribution < -0.4 is 0 Å². The molecule has 0 aliphatic heterocycles. The molecule has 1 N–H and O–H groups in total. The molecule has 5 aliphatic rings. The largest absolute Gasteiger partial charge is 0.481 e. The molecular weight excluding hydrogens is 448 g/mol. The van der Waals surface area contributed by atoms with Crippen molar-refractivity contribution in [2.24, 2.45) is 50.2 Å². The minimum absolute atomic E-state index is 0.000775. The molecule has 4 nitrogen and oxygen atoms in total. The van der Waals surface area contributed by atoms with Crippen LogP contribution in [0.5, 0.6) is 0 Å². The number of carbonyl (C=O) groups is 2. The number of carboxylic acid groups (broad SMARTS) is 1. The lowest BCUT2D eigenvalue weighted by Crippen LogP contribution is -2.64. The summed E-state index contributed by atoms with van der Waals surface area (Å²) in [5.74, 6) is 0.616. The second-order valence-electron chi connectivity index (χ2n) is 15.7. The molecule has 0 bridgehead atoms. The van der Waals surface area contributed by atoms with Gasteiger partial charge in [-0.15, -0.1) is 0 Å². The van der Waals surface area contributed by atoms with Gasteiger partial charge >= 0.3 is 11.9 Å². The first kappa shape index (κ1) is 26.3. The highest BCUT2D eigenvalue weighted by atomic mass is 16.5. The van der Waals surface area contributed by atoms with E-state index in [4.69, 9.17) is 4.74 Å². The Hall–Kier alpha value is -1.32. The fraction of sp³-hybridized carbons (Fsp3) is 0.875. The molecule has 0 saturated heterocycles. The predicted octanol–water partition coefficient (Wildman–Crippen LogP) is 7.80. The molecule has 8 atom stereocenters. The van der Waals surface area contributed by atoms with Crippen LogP contribution in [-0.2, 0) is 14.3 Å². The second kappa shape index (κ2) is 7.85. The Morgan fingerprint density at radius 2 is 1.44 bits per heavy atom. The number of allylic oxidation sites excluding steroid dienone is 2. The highest BCUT2D eigenvalue weighted by Crippen LogP contribution is 2.75. The van der Waals surface area contributed by atoms with Crippen molar-refractivity contribution < 1.29 is 19.4 Å². The molecule has 0 amide bonds. The van der Waals surface area contributed by atoms with E-state index < -0.39 is 11.4 Å². The van der Waals surface area contributed by atoms with Gasteiger partial charge in [0.1, 0.15) is 6.10 Å². The number of aliphatic carboxylic acids is 1. The van der Waals surface area contributed by atoms with Crippen molar-refractivity contribution in [2.45, 2.75) is 126 Å². The molecule has 0 aromatic rings. The van der Waals surface area contributed by atoms with E-state index in [9.17, 15) is 14.7 Å². The van der Waals surface area contributed by atoms with Gasteiger partial charge in [0.15, 0.2) is 0 Å². The van der Waals surface area contributed by atoms with Gasteiger partial charge in [-0.2, -0.15) is 0 Å². The van der Waals surface area contributed by atoms with Gasteiger partial charge < -0.3 is 9.84 Å². The van der Waals surface area contributed by atoms with Crippen LogP contribution in [0.3, 0.4) is 0 Å². The van der Waals surface area contributed by atoms with Gasteiger partial charge in [0.05, 0.1) is 5.41 Å². The van der Waals surface area contributed by atoms with Crippen LogP contribution in [0.1, 0.15) is 120 Å². The molecule has 4 heteroatoms. The lowest BCUT2D eigenvalue weighted by molar-refractivity contribution is -0.200. The van der Waals surface area contributed by atoms with Crippen molar-refractivity contribution in [2.75, 3.05) is 0 Å². The average molecular weight is 499 g/mol. The molecule has 202 valence electrons. The highest BCUT2D eigenvalue weighted by molar-refractivity contribution is 5.76. The van der Waals surface area contributed by atoms with Gasteiger partial charge in [0.25, 0.3) is 0 Å². The van der Waals surface area contributed by atoms with E-state index in [1.165, 1.54) is 6.42 Å². The Labute approximate surface area is 219 Å². The lowest BCUT2D eigenvalue weighted by atomic mass is 9.34. The molecule has 36 heavy (non-hydrogen) atoms. The maximum atomic E-state index is 12.9. The van der Waals surface area contributed by atoms with E-state index in [2.05, 4.69) is 54.5 Å². The van der Waals surface area contributed by atoms with E-state index >= 15 is 0 Å². The van der Waals surface area contributed by atoms with E-state index in [1.807, 2.05) is 0 Å². The SMILES string of the molecule is CC(=O)O[C@H]1CC[C@@]2(C)[C@H](CC[C@@]3(C)C4=CC[C@@]5(C(=O)O)CCC(C)(C)C[C@H]5[C@]4(C)CC[C@@H]23)C1(C)C. The molecule has 0 unspecified atom stereocenters. The van der Waals surface area contributed by atoms with E-state index in [1.54, 1.807) is 12.5 Å². The summed E-state index contributed by atoms with van der Waals surface area (Å²) in [7, 11) is 0. The molecule has 0 aromatic heterocycles. The van der Waals surface area contributed by atoms with Gasteiger partial charge in [0.2, 0.25) is 0 Å². The lowest BCUT2D eigenvalue weighted by Gasteiger charge is -2.70. The van der Waals surface area contributed by atoms with Crippen LogP contribution in [-0.4, -0.2) is 23.1 Å². The number of carboxylic acids is 1. The molecule has 4 fully saturated rings. The summed E-state index contributed by atoms with van der Waals surface area (Å²) < 4.78 is 5.87. The Balaban J connectivity index is 1.54. The third-order valence-corrected chi connectivity index (χ3v) is 13.0. The summed E-state index contributed by atoms with van der Waals surface area (Å²) in [4.78, 5) is 24.7. The molecule has 4 saturated carbocycles. The smallest absolute Gasteiger partial charge is 0.310 e.